The van der Waals surface area contributed by atoms with Gasteiger partial charge >= 0.3 is 5.97 Å². The third kappa shape index (κ3) is 5.97. The Balaban J connectivity index is 1.74. The van der Waals surface area contributed by atoms with Crippen molar-refractivity contribution >= 4 is 35.1 Å². The summed E-state index contributed by atoms with van der Waals surface area (Å²) in [6.07, 6.45) is -0.126. The number of halogens is 1. The number of carbonyl (C=O) groups excluding carboxylic acids is 2. The fraction of sp³-hybridized carbons (Fsp3) is 0.160. The van der Waals surface area contributed by atoms with Gasteiger partial charge in [0.05, 0.1) is 17.3 Å². The second-order valence-electron chi connectivity index (χ2n) is 7.60. The first kappa shape index (κ1) is 24.0. The minimum atomic E-state index is -1.27. The summed E-state index contributed by atoms with van der Waals surface area (Å²) in [6.45, 7) is 1.57. The van der Waals surface area contributed by atoms with Crippen LogP contribution in [-0.2, 0) is 9.59 Å². The number of hydrogen-bond acceptors (Lipinski definition) is 4. The number of carboxylic acids is 1. The minimum absolute atomic E-state index is 0.00407. The van der Waals surface area contributed by atoms with Gasteiger partial charge < -0.3 is 10.4 Å². The van der Waals surface area contributed by atoms with E-state index in [1.807, 2.05) is 60.7 Å². The van der Waals surface area contributed by atoms with Gasteiger partial charge in [0, 0.05) is 17.4 Å². The van der Waals surface area contributed by atoms with Crippen molar-refractivity contribution in [2.24, 2.45) is 11.8 Å². The number of benzene rings is 3. The molecule has 1 unspecified atom stereocenters. The van der Waals surface area contributed by atoms with E-state index in [1.54, 1.807) is 6.92 Å². The van der Waals surface area contributed by atoms with Crippen molar-refractivity contribution in [1.29, 1.82) is 0 Å². The molecule has 0 bridgehead atoms. The molecule has 0 aromatic heterocycles. The van der Waals surface area contributed by atoms with Gasteiger partial charge in [-0.2, -0.15) is 0 Å². The van der Waals surface area contributed by atoms with E-state index < -0.39 is 17.8 Å². The Morgan fingerprint density at radius 3 is 2.03 bits per heavy atom. The quantitative estimate of drug-likeness (QED) is 0.262. The maximum atomic E-state index is 12.9. The zero-order valence-corrected chi connectivity index (χ0v) is 18.7. The Hall–Kier alpha value is -3.68. The zero-order valence-electron chi connectivity index (χ0n) is 17.9. The van der Waals surface area contributed by atoms with Gasteiger partial charge in [-0.05, 0) is 29.3 Å². The lowest BCUT2D eigenvalue weighted by Gasteiger charge is -2.24. The van der Waals surface area contributed by atoms with Crippen molar-refractivity contribution in [3.8, 4) is 0 Å². The Morgan fingerprint density at radius 2 is 1.52 bits per heavy atom. The highest BCUT2D eigenvalue weighted by molar-refractivity contribution is 6.31. The third-order valence-corrected chi connectivity index (χ3v) is 5.41. The predicted octanol–water partition coefficient (Wildman–Crippen LogP) is 4.18. The average Bonchev–Trinajstić information content (AvgIpc) is 2.82. The molecule has 7 nitrogen and oxygen atoms in total. The van der Waals surface area contributed by atoms with E-state index in [9.17, 15) is 19.5 Å². The maximum absolute atomic E-state index is 12.9. The van der Waals surface area contributed by atoms with Crippen molar-refractivity contribution in [2.45, 2.75) is 19.4 Å². The number of nitrogens with two attached hydrogens (primary N) is 1. The highest BCUT2D eigenvalue weighted by Crippen LogP contribution is 2.25. The van der Waals surface area contributed by atoms with E-state index in [4.69, 9.17) is 17.4 Å². The molecule has 8 heteroatoms. The van der Waals surface area contributed by atoms with Crippen molar-refractivity contribution in [2.75, 3.05) is 5.01 Å². The van der Waals surface area contributed by atoms with Crippen molar-refractivity contribution in [3.05, 3.63) is 101 Å². The maximum Gasteiger partial charge on any atom is 0.337 e. The van der Waals surface area contributed by atoms with Crippen LogP contribution in [0, 0.1) is 5.92 Å². The highest BCUT2D eigenvalue weighted by Gasteiger charge is 2.26. The molecular formula is C25H24ClN3O4. The number of anilines is 1. The van der Waals surface area contributed by atoms with E-state index in [2.05, 4.69) is 5.32 Å². The molecule has 3 aromatic rings. The van der Waals surface area contributed by atoms with Crippen LogP contribution < -0.4 is 16.2 Å². The summed E-state index contributed by atoms with van der Waals surface area (Å²) in [4.78, 5) is 37.2. The molecule has 3 aromatic carbocycles. The summed E-state index contributed by atoms with van der Waals surface area (Å²) < 4.78 is 0. The number of carboxylic acid groups (broad SMARTS) is 1. The SMILES string of the molecule is CC(CC(=O)NC(c1ccccc1)c1ccccc1)C(=O)N(N)c1ccc(Cl)cc1C(=O)O. The second-order valence-corrected chi connectivity index (χ2v) is 8.04. The fourth-order valence-electron chi connectivity index (χ4n) is 3.48. The Kier molecular flexibility index (Phi) is 7.82. The number of hydrazine groups is 1. The van der Waals surface area contributed by atoms with Gasteiger partial charge in [-0.1, -0.05) is 79.2 Å². The molecule has 0 heterocycles. The molecule has 4 N–H and O–H groups in total. The number of amides is 2. The van der Waals surface area contributed by atoms with Gasteiger partial charge in [0.25, 0.3) is 0 Å². The number of nitrogens with one attached hydrogen (secondary N) is 1. The largest absolute Gasteiger partial charge is 0.478 e. The molecule has 2 amide bonds. The van der Waals surface area contributed by atoms with Gasteiger partial charge in [-0.25, -0.2) is 15.6 Å². The van der Waals surface area contributed by atoms with Gasteiger partial charge in [0.1, 0.15) is 0 Å². The molecule has 3 rings (SSSR count). The van der Waals surface area contributed by atoms with E-state index in [0.717, 1.165) is 16.1 Å². The number of aromatic carboxylic acids is 1. The molecule has 33 heavy (non-hydrogen) atoms. The summed E-state index contributed by atoms with van der Waals surface area (Å²) in [6, 6.07) is 22.7. The summed E-state index contributed by atoms with van der Waals surface area (Å²) in [7, 11) is 0. The lowest BCUT2D eigenvalue weighted by Crippen LogP contribution is -2.43. The Labute approximate surface area is 196 Å². The van der Waals surface area contributed by atoms with Crippen molar-refractivity contribution < 1.29 is 19.5 Å². The lowest BCUT2D eigenvalue weighted by molar-refractivity contribution is -0.128. The Morgan fingerprint density at radius 1 is 0.970 bits per heavy atom. The van der Waals surface area contributed by atoms with Crippen LogP contribution in [0.2, 0.25) is 5.02 Å². The Bertz CT molecular complexity index is 1100. The molecule has 0 fully saturated rings. The third-order valence-electron chi connectivity index (χ3n) is 5.17. The van der Waals surface area contributed by atoms with Gasteiger partial charge in [0.2, 0.25) is 11.8 Å². The summed E-state index contributed by atoms with van der Waals surface area (Å²) in [5.74, 6) is 2.94. The van der Waals surface area contributed by atoms with Crippen molar-refractivity contribution in [1.82, 2.24) is 5.32 Å². The first-order valence-electron chi connectivity index (χ1n) is 10.3. The van der Waals surface area contributed by atoms with Crippen LogP contribution in [0.5, 0.6) is 0 Å². The molecule has 0 saturated carbocycles. The van der Waals surface area contributed by atoms with Crippen molar-refractivity contribution in [3.63, 3.8) is 0 Å². The number of rotatable bonds is 8. The van der Waals surface area contributed by atoms with Crippen LogP contribution in [0.1, 0.15) is 40.9 Å². The molecule has 0 aliphatic carbocycles. The fourth-order valence-corrected chi connectivity index (χ4v) is 3.65. The van der Waals surface area contributed by atoms with Crippen LogP contribution in [0.4, 0.5) is 5.69 Å². The average molecular weight is 466 g/mol. The molecule has 0 saturated heterocycles. The molecule has 0 aliphatic rings. The van der Waals surface area contributed by atoms with E-state index in [-0.39, 0.29) is 34.6 Å². The molecule has 170 valence electrons. The minimum Gasteiger partial charge on any atom is -0.478 e. The molecule has 0 aliphatic heterocycles. The normalized spacial score (nSPS) is 11.6. The van der Waals surface area contributed by atoms with Gasteiger partial charge in [-0.15, -0.1) is 0 Å². The smallest absolute Gasteiger partial charge is 0.337 e. The monoisotopic (exact) mass is 465 g/mol. The molecule has 1 atom stereocenters. The first-order valence-corrected chi connectivity index (χ1v) is 10.7. The van der Waals surface area contributed by atoms with Gasteiger partial charge in [-0.3, -0.25) is 9.59 Å². The second kappa shape index (κ2) is 10.8. The topological polar surface area (TPSA) is 113 Å². The van der Waals surface area contributed by atoms with Crippen LogP contribution >= 0.6 is 11.6 Å². The molecule has 0 spiro atoms. The number of hydrogen-bond donors (Lipinski definition) is 3. The zero-order chi connectivity index (χ0) is 24.0. The number of nitrogens with zero attached hydrogens (tertiary/aromatic N) is 1. The number of carbonyl (C=O) groups is 3. The molecule has 0 radical (unpaired) electrons. The van der Waals surface area contributed by atoms with E-state index in [0.29, 0.717) is 0 Å². The lowest BCUT2D eigenvalue weighted by atomic mass is 9.97. The standard InChI is InChI=1S/C25H24ClN3O4/c1-16(24(31)29(27)21-13-12-19(26)15-20(21)25(32)33)14-22(30)28-23(17-8-4-2-5-9-17)18-10-6-3-7-11-18/h2-13,15-16,23H,14,27H2,1H3,(H,28,30)(H,32,33). The molecular weight excluding hydrogens is 442 g/mol. The predicted molar refractivity (Wildman–Crippen MR) is 127 cm³/mol. The van der Waals surface area contributed by atoms with Crippen LogP contribution in [0.25, 0.3) is 0 Å². The summed E-state index contributed by atoms with van der Waals surface area (Å²) in [5, 5.41) is 13.4. The summed E-state index contributed by atoms with van der Waals surface area (Å²) in [5.41, 5.74) is 1.60. The van der Waals surface area contributed by atoms with E-state index >= 15 is 0 Å². The van der Waals surface area contributed by atoms with Crippen LogP contribution in [0.3, 0.4) is 0 Å². The summed E-state index contributed by atoms with van der Waals surface area (Å²) >= 11 is 5.87. The highest BCUT2D eigenvalue weighted by atomic mass is 35.5. The van der Waals surface area contributed by atoms with E-state index in [1.165, 1.54) is 18.2 Å². The van der Waals surface area contributed by atoms with Gasteiger partial charge in [0.15, 0.2) is 0 Å². The van der Waals surface area contributed by atoms with Crippen LogP contribution in [-0.4, -0.2) is 22.9 Å². The van der Waals surface area contributed by atoms with Crippen LogP contribution in [0.15, 0.2) is 78.9 Å². The first-order chi connectivity index (χ1) is 15.8.